The molecule has 0 spiro atoms. The van der Waals surface area contributed by atoms with Gasteiger partial charge in [-0.2, -0.15) is 0 Å². The predicted octanol–water partition coefficient (Wildman–Crippen LogP) is 3.74. The number of amides is 1. The molecule has 0 fully saturated rings. The fourth-order valence-electron chi connectivity index (χ4n) is 2.22. The Bertz CT molecular complexity index is 625. The predicted molar refractivity (Wildman–Crippen MR) is 95.4 cm³/mol. The van der Waals surface area contributed by atoms with Crippen LogP contribution in [0.25, 0.3) is 0 Å². The molecule has 1 N–H and O–H groups in total. The van der Waals surface area contributed by atoms with Gasteiger partial charge in [0.15, 0.2) is 6.10 Å². The second-order valence-corrected chi connectivity index (χ2v) is 5.86. The van der Waals surface area contributed by atoms with Crippen LogP contribution < -0.4 is 14.8 Å². The first kappa shape index (κ1) is 17.9. The van der Waals surface area contributed by atoms with Gasteiger partial charge in [0, 0.05) is 0 Å². The highest BCUT2D eigenvalue weighted by molar-refractivity contribution is 5.81. The Morgan fingerprint density at radius 1 is 1.04 bits per heavy atom. The molecule has 0 saturated carbocycles. The lowest BCUT2D eigenvalue weighted by Gasteiger charge is -2.20. The van der Waals surface area contributed by atoms with Gasteiger partial charge < -0.3 is 14.8 Å². The molecule has 0 aromatic heterocycles. The summed E-state index contributed by atoms with van der Waals surface area (Å²) < 4.78 is 11.4. The average Bonchev–Trinajstić information content (AvgIpc) is 2.60. The smallest absolute Gasteiger partial charge is 0.261 e. The number of nitrogens with one attached hydrogen (secondary N) is 1. The first-order valence-corrected chi connectivity index (χ1v) is 8.30. The first-order valence-electron chi connectivity index (χ1n) is 8.30. The molecular weight excluding hydrogens is 302 g/mol. The Kier molecular flexibility index (Phi) is 6.67. The Hall–Kier alpha value is -2.49. The Balaban J connectivity index is 1.81. The maximum Gasteiger partial charge on any atom is 0.261 e. The van der Waals surface area contributed by atoms with E-state index in [9.17, 15) is 4.79 Å². The molecule has 0 saturated heterocycles. The molecule has 0 aliphatic rings. The summed E-state index contributed by atoms with van der Waals surface area (Å²) >= 11 is 0. The number of para-hydroxylation sites is 1. The lowest BCUT2D eigenvalue weighted by atomic mass is 10.2. The summed E-state index contributed by atoms with van der Waals surface area (Å²) in [6.07, 6.45) is 0.0981. The third-order valence-corrected chi connectivity index (χ3v) is 3.59. The second kappa shape index (κ2) is 8.96. The number of hydrogen-bond acceptors (Lipinski definition) is 3. The van der Waals surface area contributed by atoms with Crippen LogP contribution in [0.2, 0.25) is 0 Å². The lowest BCUT2D eigenvalue weighted by Crippen LogP contribution is -2.44. The Morgan fingerprint density at radius 3 is 2.33 bits per heavy atom. The van der Waals surface area contributed by atoms with Crippen LogP contribution in [0, 0.1) is 6.92 Å². The molecule has 0 unspecified atom stereocenters. The van der Waals surface area contributed by atoms with Gasteiger partial charge in [-0.1, -0.05) is 42.8 Å². The van der Waals surface area contributed by atoms with Gasteiger partial charge in [0.05, 0.1) is 6.04 Å². The molecule has 4 nitrogen and oxygen atoms in total. The summed E-state index contributed by atoms with van der Waals surface area (Å²) in [5, 5.41) is 2.94. The zero-order chi connectivity index (χ0) is 17.4. The van der Waals surface area contributed by atoms with Crippen molar-refractivity contribution in [3.05, 3.63) is 60.2 Å². The molecule has 1 amide bonds. The van der Waals surface area contributed by atoms with Crippen LogP contribution in [0.3, 0.4) is 0 Å². The number of hydrogen-bond donors (Lipinski definition) is 1. The van der Waals surface area contributed by atoms with Crippen molar-refractivity contribution in [3.8, 4) is 11.5 Å². The molecule has 2 aromatic rings. The molecule has 4 heteroatoms. The van der Waals surface area contributed by atoms with Gasteiger partial charge in [0.25, 0.3) is 5.91 Å². The minimum atomic E-state index is -0.505. The Morgan fingerprint density at radius 2 is 1.71 bits per heavy atom. The van der Waals surface area contributed by atoms with Gasteiger partial charge in [-0.15, -0.1) is 0 Å². The van der Waals surface area contributed by atoms with Crippen molar-refractivity contribution in [1.29, 1.82) is 0 Å². The van der Waals surface area contributed by atoms with Gasteiger partial charge >= 0.3 is 0 Å². The SMILES string of the molecule is CC[C@@H](Oc1ccccc1)C(=O)N[C@H](C)COc1ccc(C)cc1. The third-order valence-electron chi connectivity index (χ3n) is 3.59. The molecule has 0 aliphatic heterocycles. The minimum absolute atomic E-state index is 0.104. The van der Waals surface area contributed by atoms with Crippen molar-refractivity contribution in [2.45, 2.75) is 39.3 Å². The summed E-state index contributed by atoms with van der Waals surface area (Å²) in [6, 6.07) is 17.1. The first-order chi connectivity index (χ1) is 11.6. The van der Waals surface area contributed by atoms with Crippen LogP contribution in [0.4, 0.5) is 0 Å². The zero-order valence-corrected chi connectivity index (χ0v) is 14.5. The molecule has 24 heavy (non-hydrogen) atoms. The third kappa shape index (κ3) is 5.61. The molecular formula is C20H25NO3. The van der Waals surface area contributed by atoms with Crippen LogP contribution in [0.1, 0.15) is 25.8 Å². The monoisotopic (exact) mass is 327 g/mol. The van der Waals surface area contributed by atoms with Crippen LogP contribution in [0.15, 0.2) is 54.6 Å². The fraction of sp³-hybridized carbons (Fsp3) is 0.350. The number of aryl methyl sites for hydroxylation is 1. The van der Waals surface area contributed by atoms with Gasteiger partial charge in [0.1, 0.15) is 18.1 Å². The van der Waals surface area contributed by atoms with Crippen molar-refractivity contribution in [2.24, 2.45) is 0 Å². The van der Waals surface area contributed by atoms with Crippen LogP contribution in [-0.2, 0) is 4.79 Å². The number of benzene rings is 2. The summed E-state index contributed by atoms with van der Waals surface area (Å²) in [5.41, 5.74) is 1.19. The van der Waals surface area contributed by atoms with E-state index in [0.717, 1.165) is 5.75 Å². The van der Waals surface area contributed by atoms with E-state index in [1.807, 2.05) is 75.4 Å². The molecule has 0 bridgehead atoms. The topological polar surface area (TPSA) is 47.6 Å². The van der Waals surface area contributed by atoms with E-state index in [1.165, 1.54) is 5.56 Å². The molecule has 128 valence electrons. The second-order valence-electron chi connectivity index (χ2n) is 5.86. The van der Waals surface area contributed by atoms with Crippen LogP contribution >= 0.6 is 0 Å². The number of rotatable bonds is 8. The maximum atomic E-state index is 12.4. The van der Waals surface area contributed by atoms with E-state index in [4.69, 9.17) is 9.47 Å². The molecule has 0 heterocycles. The summed E-state index contributed by atoms with van der Waals surface area (Å²) in [5.74, 6) is 1.37. The van der Waals surface area contributed by atoms with Gasteiger partial charge in [-0.05, 0) is 44.5 Å². The minimum Gasteiger partial charge on any atom is -0.491 e. The fourth-order valence-corrected chi connectivity index (χ4v) is 2.22. The average molecular weight is 327 g/mol. The van der Waals surface area contributed by atoms with E-state index in [1.54, 1.807) is 0 Å². The lowest BCUT2D eigenvalue weighted by molar-refractivity contribution is -0.128. The highest BCUT2D eigenvalue weighted by Gasteiger charge is 2.20. The van der Waals surface area contributed by atoms with Crippen molar-refractivity contribution in [2.75, 3.05) is 6.61 Å². The summed E-state index contributed by atoms with van der Waals surface area (Å²) in [4.78, 5) is 12.4. The Labute approximate surface area is 143 Å². The highest BCUT2D eigenvalue weighted by Crippen LogP contribution is 2.13. The van der Waals surface area contributed by atoms with E-state index < -0.39 is 6.10 Å². The maximum absolute atomic E-state index is 12.4. The number of carbonyl (C=O) groups is 1. The molecule has 0 aliphatic carbocycles. The molecule has 0 radical (unpaired) electrons. The highest BCUT2D eigenvalue weighted by atomic mass is 16.5. The van der Waals surface area contributed by atoms with Gasteiger partial charge in [-0.25, -0.2) is 0 Å². The van der Waals surface area contributed by atoms with E-state index in [0.29, 0.717) is 18.8 Å². The van der Waals surface area contributed by atoms with Crippen molar-refractivity contribution >= 4 is 5.91 Å². The summed E-state index contributed by atoms with van der Waals surface area (Å²) in [7, 11) is 0. The number of carbonyl (C=O) groups excluding carboxylic acids is 1. The molecule has 2 rings (SSSR count). The van der Waals surface area contributed by atoms with E-state index >= 15 is 0 Å². The normalized spacial score (nSPS) is 13.0. The van der Waals surface area contributed by atoms with Crippen molar-refractivity contribution < 1.29 is 14.3 Å². The van der Waals surface area contributed by atoms with Crippen molar-refractivity contribution in [1.82, 2.24) is 5.32 Å². The largest absolute Gasteiger partial charge is 0.491 e. The molecule has 2 aromatic carbocycles. The van der Waals surface area contributed by atoms with E-state index in [-0.39, 0.29) is 11.9 Å². The van der Waals surface area contributed by atoms with Crippen LogP contribution in [0.5, 0.6) is 11.5 Å². The zero-order valence-electron chi connectivity index (χ0n) is 14.5. The quantitative estimate of drug-likeness (QED) is 0.803. The van der Waals surface area contributed by atoms with Gasteiger partial charge in [-0.3, -0.25) is 4.79 Å². The van der Waals surface area contributed by atoms with Crippen LogP contribution in [-0.4, -0.2) is 24.7 Å². The van der Waals surface area contributed by atoms with Gasteiger partial charge in [0.2, 0.25) is 0 Å². The van der Waals surface area contributed by atoms with E-state index in [2.05, 4.69) is 5.32 Å². The molecule has 2 atom stereocenters. The summed E-state index contributed by atoms with van der Waals surface area (Å²) in [6.45, 7) is 6.29. The number of ether oxygens (including phenoxy) is 2. The van der Waals surface area contributed by atoms with Crippen molar-refractivity contribution in [3.63, 3.8) is 0 Å². The standard InChI is InChI=1S/C20H25NO3/c1-4-19(24-18-8-6-5-7-9-18)20(22)21-16(3)14-23-17-12-10-15(2)11-13-17/h5-13,16,19H,4,14H2,1-3H3,(H,21,22)/t16-,19-/m1/s1.